The zero-order valence-corrected chi connectivity index (χ0v) is 44.4. The van der Waals surface area contributed by atoms with Crippen molar-refractivity contribution in [3.8, 4) is 0 Å². The van der Waals surface area contributed by atoms with Gasteiger partial charge in [-0.05, 0) is 83.8 Å². The van der Waals surface area contributed by atoms with E-state index in [1.165, 1.54) is 23.8 Å². The number of methoxy groups -OCH3 is 1. The molecule has 2 aliphatic rings. The number of thioether (sulfide) groups is 2. The highest BCUT2D eigenvalue weighted by atomic mass is 32.2. The number of amides is 2. The van der Waals surface area contributed by atoms with Crippen molar-refractivity contribution < 1.29 is 29.0 Å². The highest BCUT2D eigenvalue weighted by molar-refractivity contribution is 7.98. The third kappa shape index (κ3) is 19.3. The molecule has 0 saturated carbocycles. The van der Waals surface area contributed by atoms with Gasteiger partial charge in [0.1, 0.15) is 12.1 Å². The number of benzene rings is 2. The summed E-state index contributed by atoms with van der Waals surface area (Å²) in [4.78, 5) is 55.4. The number of fused-ring (bicyclic) bond motifs is 2. The fourth-order valence-electron chi connectivity index (χ4n) is 8.41. The smallest absolute Gasteiger partial charge is 0.328 e. The second kappa shape index (κ2) is 31.7. The number of aliphatic carboxylic acids is 1. The van der Waals surface area contributed by atoms with Crippen LogP contribution in [0.15, 0.2) is 48.5 Å². The maximum atomic E-state index is 13.5. The fraction of sp³-hybridized carbons (Fsp3) is 0.673. The molecule has 0 aromatic heterocycles. The van der Waals surface area contributed by atoms with E-state index in [4.69, 9.17) is 16.2 Å². The van der Waals surface area contributed by atoms with Crippen LogP contribution >= 0.6 is 48.8 Å². The maximum absolute atomic E-state index is 13.5. The third-order valence-electron chi connectivity index (χ3n) is 13.2. The zero-order valence-electron chi connectivity index (χ0n) is 41.0. The Balaban J connectivity index is 0.000000355. The largest absolute Gasteiger partial charge is 0.480 e. The summed E-state index contributed by atoms with van der Waals surface area (Å²) >= 11 is 11.8. The van der Waals surface area contributed by atoms with Crippen LogP contribution in [0, 0.1) is 11.8 Å². The van der Waals surface area contributed by atoms with Gasteiger partial charge in [-0.3, -0.25) is 19.4 Å². The number of esters is 1. The third-order valence-corrected chi connectivity index (χ3v) is 15.4. The molecule has 67 heavy (non-hydrogen) atoms. The Bertz CT molecular complexity index is 1800. The first-order chi connectivity index (χ1) is 32.1. The van der Waals surface area contributed by atoms with Crippen LogP contribution in [-0.4, -0.2) is 156 Å². The maximum Gasteiger partial charge on any atom is 0.328 e. The van der Waals surface area contributed by atoms with E-state index in [0.717, 1.165) is 24.2 Å². The van der Waals surface area contributed by atoms with Gasteiger partial charge in [-0.1, -0.05) is 89.1 Å². The van der Waals surface area contributed by atoms with Gasteiger partial charge in [-0.25, -0.2) is 9.59 Å². The molecular weight excluding hydrogens is 925 g/mol. The molecule has 10 atom stereocenters. The Morgan fingerprint density at radius 2 is 1.10 bits per heavy atom. The molecule has 2 aromatic carbocycles. The topological polar surface area (TPSA) is 204 Å². The van der Waals surface area contributed by atoms with E-state index in [2.05, 4.69) is 108 Å². The van der Waals surface area contributed by atoms with Crippen LogP contribution in [-0.2, 0) is 49.8 Å². The summed E-state index contributed by atoms with van der Waals surface area (Å²) in [5, 5.41) is 22.6. The summed E-state index contributed by atoms with van der Waals surface area (Å²) in [6, 6.07) is 14.5. The molecule has 0 saturated heterocycles. The molecule has 14 nitrogen and oxygen atoms in total. The first kappa shape index (κ1) is 58.8. The average Bonchev–Trinajstić information content (AvgIpc) is 3.34. The van der Waals surface area contributed by atoms with Crippen molar-refractivity contribution in [2.24, 2.45) is 23.3 Å². The van der Waals surface area contributed by atoms with Crippen LogP contribution in [0.4, 0.5) is 0 Å². The monoisotopic (exact) mass is 1010 g/mol. The number of carbonyl (C=O) groups is 4. The molecule has 0 radical (unpaired) electrons. The Labute approximate surface area is 420 Å². The molecular formula is C49H82N8O6S4. The molecule has 2 aromatic rings. The van der Waals surface area contributed by atoms with Crippen LogP contribution in [0.5, 0.6) is 0 Å². The molecule has 2 aliphatic heterocycles. The van der Waals surface area contributed by atoms with Crippen molar-refractivity contribution in [2.45, 2.75) is 128 Å². The summed E-state index contributed by atoms with van der Waals surface area (Å²) in [7, 11) is 1.36. The Morgan fingerprint density at radius 1 is 0.716 bits per heavy atom. The van der Waals surface area contributed by atoms with Gasteiger partial charge in [0, 0.05) is 74.9 Å². The summed E-state index contributed by atoms with van der Waals surface area (Å²) in [5.41, 5.74) is 17.0. The molecule has 18 heteroatoms. The van der Waals surface area contributed by atoms with Crippen molar-refractivity contribution in [3.63, 3.8) is 0 Å². The lowest BCUT2D eigenvalue weighted by Crippen LogP contribution is -2.57. The minimum atomic E-state index is -0.986. The van der Waals surface area contributed by atoms with Gasteiger partial charge in [0.25, 0.3) is 0 Å². The van der Waals surface area contributed by atoms with Gasteiger partial charge in [0.2, 0.25) is 11.8 Å². The van der Waals surface area contributed by atoms with Crippen LogP contribution < -0.4 is 32.7 Å². The van der Waals surface area contributed by atoms with E-state index in [0.29, 0.717) is 94.0 Å². The molecule has 0 aliphatic carbocycles. The van der Waals surface area contributed by atoms with Gasteiger partial charge in [-0.2, -0.15) is 48.8 Å². The lowest BCUT2D eigenvalue weighted by Gasteiger charge is -2.40. The van der Waals surface area contributed by atoms with Crippen molar-refractivity contribution >= 4 is 72.5 Å². The number of nitrogens with two attached hydrogens (primary N) is 2. The zero-order chi connectivity index (χ0) is 49.5. The van der Waals surface area contributed by atoms with Crippen LogP contribution in [0.25, 0.3) is 0 Å². The van der Waals surface area contributed by atoms with Crippen LogP contribution in [0.2, 0.25) is 0 Å². The van der Waals surface area contributed by atoms with Crippen molar-refractivity contribution in [3.05, 3.63) is 70.8 Å². The van der Waals surface area contributed by atoms with Gasteiger partial charge >= 0.3 is 11.9 Å². The molecule has 0 bridgehead atoms. The minimum absolute atomic E-state index is 0.0201. The number of rotatable bonds is 28. The number of carbonyl (C=O) groups excluding carboxylic acids is 3. The summed E-state index contributed by atoms with van der Waals surface area (Å²) in [6.45, 7) is 12.9. The summed E-state index contributed by atoms with van der Waals surface area (Å²) in [6.07, 6.45) is 8.08. The predicted molar refractivity (Wildman–Crippen MR) is 284 cm³/mol. The second-order valence-electron chi connectivity index (χ2n) is 18.1. The Hall–Kier alpha value is -2.52. The van der Waals surface area contributed by atoms with E-state index in [1.54, 1.807) is 23.5 Å². The van der Waals surface area contributed by atoms with E-state index in [1.807, 2.05) is 36.8 Å². The first-order valence-electron chi connectivity index (χ1n) is 23.8. The summed E-state index contributed by atoms with van der Waals surface area (Å²) in [5.74, 6) is 1.76. The second-order valence-corrected chi connectivity index (χ2v) is 20.8. The van der Waals surface area contributed by atoms with Gasteiger partial charge in [-0.15, -0.1) is 0 Å². The Kier molecular flexibility index (Phi) is 27.8. The normalized spacial score (nSPS) is 19.7. The van der Waals surface area contributed by atoms with E-state index in [9.17, 15) is 24.3 Å². The van der Waals surface area contributed by atoms with Crippen LogP contribution in [0.1, 0.15) is 75.6 Å². The lowest BCUT2D eigenvalue weighted by molar-refractivity contribution is -0.146. The molecule has 2 heterocycles. The van der Waals surface area contributed by atoms with E-state index < -0.39 is 30.1 Å². The highest BCUT2D eigenvalue weighted by Crippen LogP contribution is 2.27. The number of nitrogens with one attached hydrogen (secondary N) is 4. The first-order valence-corrected chi connectivity index (χ1v) is 27.9. The van der Waals surface area contributed by atoms with E-state index in [-0.39, 0.29) is 42.0 Å². The number of carboxylic acids is 1. The Morgan fingerprint density at radius 3 is 1.46 bits per heavy atom. The average molecular weight is 1010 g/mol. The molecule has 2 amide bonds. The van der Waals surface area contributed by atoms with Crippen molar-refractivity contribution in [1.82, 2.24) is 31.1 Å². The number of ether oxygens (including phenoxy) is 1. The van der Waals surface area contributed by atoms with Gasteiger partial charge < -0.3 is 42.6 Å². The lowest BCUT2D eigenvalue weighted by atomic mass is 9.91. The van der Waals surface area contributed by atoms with Crippen LogP contribution in [0.3, 0.4) is 0 Å². The highest BCUT2D eigenvalue weighted by Gasteiger charge is 2.37. The fourth-order valence-corrected chi connectivity index (χ4v) is 9.61. The van der Waals surface area contributed by atoms with Gasteiger partial charge in [0.05, 0.1) is 19.2 Å². The van der Waals surface area contributed by atoms with E-state index >= 15 is 0 Å². The molecule has 0 spiro atoms. The number of hydrogen-bond acceptors (Lipinski definition) is 15. The number of thiol groups is 2. The molecule has 4 rings (SSSR count). The predicted octanol–water partition coefficient (Wildman–Crippen LogP) is 4.08. The summed E-state index contributed by atoms with van der Waals surface area (Å²) < 4.78 is 4.95. The SMILES string of the molecule is CCC(C)[C@@H](CN1Cc2ccccc2C[C@H]1C(=O)N[C@@H](CCSC)C(=O)O)NC[C@@H](N)CS.CCC(C)[C@@H](CN1Cc2ccccc2C[C@H]1C(=O)N[C@@H](CCSC)C(=O)OC)NC[C@@H](N)CS. The minimum Gasteiger partial charge on any atom is -0.480 e. The van der Waals surface area contributed by atoms with Crippen molar-refractivity contribution in [1.29, 1.82) is 0 Å². The molecule has 2 unspecified atom stereocenters. The number of carboxylic acid groups (broad SMARTS) is 1. The molecule has 378 valence electrons. The number of hydrogen-bond donors (Lipinski definition) is 9. The number of nitrogens with zero attached hydrogens (tertiary/aromatic N) is 2. The van der Waals surface area contributed by atoms with Gasteiger partial charge in [0.15, 0.2) is 0 Å². The standard InChI is InChI=1S/C25H42N4O3S2.C24H40N4O3S2/c1-5-17(2)22(27-13-20(26)16-33)15-29-14-19-9-7-6-8-18(19)12-23(29)24(30)28-21(10-11-34-4)25(31)32-3;1-4-16(2)21(26-12-19(25)15-32)14-28-13-18-8-6-5-7-17(18)11-22(28)23(29)27-20(24(30)31)9-10-33-3/h6-9,17,20-23,27,33H,5,10-16,26H2,1-4H3,(H,28,30);5-8,16,19-22,26,32H,4,9-15,25H2,1-3H3,(H,27,29)(H,30,31)/t17?,20-,21+,22-,23+;16?,19-,20+,21-,22+/m11/s1. The van der Waals surface area contributed by atoms with Crippen molar-refractivity contribution in [2.75, 3.05) is 68.8 Å². The molecule has 0 fully saturated rings. The quantitative estimate of drug-likeness (QED) is 0.0436. The molecule has 9 N–H and O–H groups in total.